The fraction of sp³-hybridized carbons (Fsp3) is 0.176. The van der Waals surface area contributed by atoms with Crippen LogP contribution in [0.25, 0.3) is 0 Å². The van der Waals surface area contributed by atoms with Crippen LogP contribution in [0.3, 0.4) is 0 Å². The van der Waals surface area contributed by atoms with E-state index >= 15 is 0 Å². The van der Waals surface area contributed by atoms with E-state index in [0.29, 0.717) is 6.71 Å². The Balaban J connectivity index is 1.66. The fourth-order valence-electron chi connectivity index (χ4n) is 6.13. The number of anilines is 4. The van der Waals surface area contributed by atoms with Crippen LogP contribution in [0.2, 0.25) is 6.32 Å². The van der Waals surface area contributed by atoms with E-state index in [1.165, 1.54) is 49.3 Å². The van der Waals surface area contributed by atoms with E-state index in [1.807, 2.05) is 0 Å². The summed E-state index contributed by atoms with van der Waals surface area (Å²) in [4.78, 5) is 7.79. The van der Waals surface area contributed by atoms with Crippen molar-refractivity contribution in [2.75, 3.05) is 21.8 Å². The molecule has 6 rings (SSSR count). The summed E-state index contributed by atoms with van der Waals surface area (Å²) in [6.07, 6.45) is 3.41. The molecule has 4 aromatic carbocycles. The van der Waals surface area contributed by atoms with Crippen LogP contribution in [0.4, 0.5) is 22.7 Å². The highest BCUT2D eigenvalue weighted by molar-refractivity contribution is 8.33. The Kier molecular flexibility index (Phi) is 6.24. The Morgan fingerprint density at radius 1 is 0.789 bits per heavy atom. The molecule has 0 radical (unpaired) electrons. The zero-order valence-electron chi connectivity index (χ0n) is 22.8. The summed E-state index contributed by atoms with van der Waals surface area (Å²) in [7, 11) is -1.28. The quantitative estimate of drug-likeness (QED) is 0.246. The first-order chi connectivity index (χ1) is 18.4. The molecule has 0 saturated heterocycles. The molecule has 2 aliphatic rings. The first-order valence-electron chi connectivity index (χ1n) is 13.5. The fourth-order valence-corrected chi connectivity index (χ4v) is 8.78. The van der Waals surface area contributed by atoms with E-state index in [2.05, 4.69) is 146 Å². The van der Waals surface area contributed by atoms with E-state index in [1.54, 1.807) is 0 Å². The highest BCUT2D eigenvalue weighted by Gasteiger charge is 2.40. The third-order valence-corrected chi connectivity index (χ3v) is 12.0. The van der Waals surface area contributed by atoms with Crippen molar-refractivity contribution >= 4 is 45.0 Å². The highest BCUT2D eigenvalue weighted by Crippen LogP contribution is 2.63. The van der Waals surface area contributed by atoms with E-state index in [0.717, 1.165) is 17.8 Å². The van der Waals surface area contributed by atoms with Gasteiger partial charge in [-0.1, -0.05) is 73.6 Å². The molecule has 38 heavy (non-hydrogen) atoms. The largest absolute Gasteiger partial charge is 0.316 e. The zero-order chi connectivity index (χ0) is 26.4. The average Bonchev–Trinajstić information content (AvgIpc) is 2.94. The van der Waals surface area contributed by atoms with Gasteiger partial charge in [-0.25, -0.2) is 0 Å². The molecule has 0 N–H and O–H groups in total. The monoisotopic (exact) mass is 514 g/mol. The van der Waals surface area contributed by atoms with Gasteiger partial charge in [0.2, 0.25) is 6.71 Å². The van der Waals surface area contributed by atoms with Gasteiger partial charge in [0, 0.05) is 33.4 Å². The topological polar surface area (TPSA) is 6.48 Å². The first-order valence-corrected chi connectivity index (χ1v) is 15.7. The lowest BCUT2D eigenvalue weighted by Crippen LogP contribution is -2.47. The molecule has 4 aromatic rings. The molecule has 0 aromatic heterocycles. The Bertz CT molecular complexity index is 1530. The Morgan fingerprint density at radius 2 is 1.42 bits per heavy atom. The van der Waals surface area contributed by atoms with Crippen LogP contribution in [0, 0.1) is 6.92 Å². The molecule has 0 amide bonds. The zero-order valence-corrected chi connectivity index (χ0v) is 23.6. The summed E-state index contributed by atoms with van der Waals surface area (Å²) in [5.74, 6) is 3.55. The second kappa shape index (κ2) is 9.60. The van der Waals surface area contributed by atoms with Crippen LogP contribution in [0.5, 0.6) is 0 Å². The number of aryl methyl sites for hydroxylation is 1. The van der Waals surface area contributed by atoms with Crippen LogP contribution in [-0.4, -0.2) is 18.7 Å². The first kappa shape index (κ1) is 24.7. The molecule has 2 heterocycles. The minimum atomic E-state index is -1.28. The van der Waals surface area contributed by atoms with E-state index < -0.39 is 10.0 Å². The summed E-state index contributed by atoms with van der Waals surface area (Å²) < 4.78 is 0. The van der Waals surface area contributed by atoms with Crippen molar-refractivity contribution in [2.45, 2.75) is 36.9 Å². The normalized spacial score (nSPS) is 17.0. The van der Waals surface area contributed by atoms with Crippen molar-refractivity contribution in [1.82, 2.24) is 0 Å². The molecule has 0 aliphatic carbocycles. The number of hydrogen-bond donors (Lipinski definition) is 0. The molecule has 4 heteroatoms. The van der Waals surface area contributed by atoms with Crippen LogP contribution in [0.1, 0.15) is 19.4 Å². The number of rotatable bonds is 5. The summed E-state index contributed by atoms with van der Waals surface area (Å²) in [6, 6.07) is 35.7. The van der Waals surface area contributed by atoms with Gasteiger partial charge in [0.05, 0.1) is 5.69 Å². The molecule has 190 valence electrons. The number of allylic oxidation sites excluding steroid dienone is 2. The minimum Gasteiger partial charge on any atom is -0.316 e. The third-order valence-electron chi connectivity index (χ3n) is 8.19. The SMILES string of the molecule is C=C1CB2C=C(C)N(c3ccccc3)c3c(S(C)(CC)c4ccccc4)ccc(c32)N1c1ccc(C)cc1. The van der Waals surface area contributed by atoms with Gasteiger partial charge in [-0.2, -0.15) is 10.0 Å². The lowest BCUT2D eigenvalue weighted by molar-refractivity contribution is 1.08. The summed E-state index contributed by atoms with van der Waals surface area (Å²) >= 11 is 0. The van der Waals surface area contributed by atoms with Crippen LogP contribution in [-0.2, 0) is 0 Å². The molecule has 0 fully saturated rings. The predicted molar refractivity (Wildman–Crippen MR) is 168 cm³/mol. The Hall–Kier alpha value is -3.63. The standard InChI is InChI=1S/C34H35BN2S/c1-6-38(5,30-15-11-8-12-16-30)32-22-21-31-33-34(32)37(28-13-9-7-10-14-28)27(4)24-35(33)23-26(3)36(31)29-19-17-25(2)18-20-29/h7-22,24H,3,6,23H2,1-2,4-5H3. The second-order valence-electron chi connectivity index (χ2n) is 10.6. The van der Waals surface area contributed by atoms with Gasteiger partial charge < -0.3 is 9.80 Å². The minimum absolute atomic E-state index is 0.311. The van der Waals surface area contributed by atoms with Crippen LogP contribution >= 0.6 is 10.0 Å². The molecule has 0 spiro atoms. The number of benzene rings is 4. The Labute approximate surface area is 229 Å². The van der Waals surface area contributed by atoms with Gasteiger partial charge in [-0.05, 0) is 91.1 Å². The summed E-state index contributed by atoms with van der Waals surface area (Å²) in [5, 5.41) is 0. The van der Waals surface area contributed by atoms with Crippen LogP contribution in [0.15, 0.2) is 131 Å². The average molecular weight is 515 g/mol. The number of para-hydroxylation sites is 1. The van der Waals surface area contributed by atoms with Gasteiger partial charge >= 0.3 is 0 Å². The molecule has 2 aliphatic heterocycles. The van der Waals surface area contributed by atoms with Crippen molar-refractivity contribution in [3.05, 3.63) is 127 Å². The van der Waals surface area contributed by atoms with E-state index in [9.17, 15) is 0 Å². The van der Waals surface area contributed by atoms with Gasteiger partial charge in [0.1, 0.15) is 0 Å². The van der Waals surface area contributed by atoms with Gasteiger partial charge in [-0.15, -0.1) is 0 Å². The van der Waals surface area contributed by atoms with E-state index in [-0.39, 0.29) is 0 Å². The molecule has 0 bridgehead atoms. The second-order valence-corrected chi connectivity index (χ2v) is 14.2. The number of nitrogens with zero attached hydrogens (tertiary/aromatic N) is 2. The summed E-state index contributed by atoms with van der Waals surface area (Å²) in [6.45, 7) is 11.6. The lowest BCUT2D eigenvalue weighted by atomic mass is 9.39. The molecule has 1 atom stereocenters. The predicted octanol–water partition coefficient (Wildman–Crippen LogP) is 8.83. The maximum atomic E-state index is 4.57. The molecule has 0 saturated carbocycles. The van der Waals surface area contributed by atoms with Gasteiger partial charge in [0.15, 0.2) is 0 Å². The van der Waals surface area contributed by atoms with Crippen LogP contribution < -0.4 is 15.3 Å². The summed E-state index contributed by atoms with van der Waals surface area (Å²) in [5.41, 5.74) is 10.1. The van der Waals surface area contributed by atoms with Crippen molar-refractivity contribution in [3.63, 3.8) is 0 Å². The number of hydrogen-bond acceptors (Lipinski definition) is 2. The molecule has 1 unspecified atom stereocenters. The third kappa shape index (κ3) is 3.90. The van der Waals surface area contributed by atoms with Crippen molar-refractivity contribution in [3.8, 4) is 0 Å². The van der Waals surface area contributed by atoms with Gasteiger partial charge in [0.25, 0.3) is 0 Å². The van der Waals surface area contributed by atoms with Crippen molar-refractivity contribution in [1.29, 1.82) is 0 Å². The van der Waals surface area contributed by atoms with Crippen molar-refractivity contribution in [2.24, 2.45) is 0 Å². The molecular weight excluding hydrogens is 479 g/mol. The van der Waals surface area contributed by atoms with Gasteiger partial charge in [-0.3, -0.25) is 0 Å². The smallest absolute Gasteiger partial charge is 0.214 e. The maximum Gasteiger partial charge on any atom is 0.214 e. The highest BCUT2D eigenvalue weighted by atomic mass is 32.3. The Morgan fingerprint density at radius 3 is 2.08 bits per heavy atom. The van der Waals surface area contributed by atoms with Crippen molar-refractivity contribution < 1.29 is 0 Å². The van der Waals surface area contributed by atoms with E-state index in [4.69, 9.17) is 0 Å². The lowest BCUT2D eigenvalue weighted by Gasteiger charge is -2.47. The molecular formula is C34H35BN2S. The maximum absolute atomic E-state index is 4.57. The molecule has 2 nitrogen and oxygen atoms in total.